The highest BCUT2D eigenvalue weighted by Crippen LogP contribution is 2.32. The van der Waals surface area contributed by atoms with Gasteiger partial charge in [0.05, 0.1) is 11.4 Å². The largest absolute Gasteiger partial charge is 0.465 e. The Morgan fingerprint density at radius 3 is 2.26 bits per heavy atom. The fraction of sp³-hybridized carbons (Fsp3) is 0.233. The lowest BCUT2D eigenvalue weighted by atomic mass is 10.0. The molecular weight excluding hydrogens is 556 g/mol. The maximum absolute atomic E-state index is 15.4. The summed E-state index contributed by atoms with van der Waals surface area (Å²) >= 11 is 0. The lowest BCUT2D eigenvalue weighted by molar-refractivity contribution is -0.141. The third-order valence-corrected chi connectivity index (χ3v) is 6.46. The van der Waals surface area contributed by atoms with E-state index in [0.29, 0.717) is 17.2 Å². The molecule has 0 fully saturated rings. The standard InChI is InChI=1S/C30H28F4N4O4/c1-29(2,3)37(28(41)42)17-18-9-7-12-20(15-18)38-23(16-24(36-38)30(32,33)34)27(40)35-22-14-8-13-21(25(22)31)26(39)19-10-5-4-6-11-19/h4-16,26,39H,17H2,1-3H3,(H,35,40)(H,41,42). The highest BCUT2D eigenvalue weighted by molar-refractivity contribution is 6.03. The molecule has 4 aromatic rings. The van der Waals surface area contributed by atoms with Crippen LogP contribution >= 0.6 is 0 Å². The minimum Gasteiger partial charge on any atom is -0.465 e. The van der Waals surface area contributed by atoms with E-state index in [2.05, 4.69) is 10.4 Å². The zero-order valence-corrected chi connectivity index (χ0v) is 22.9. The van der Waals surface area contributed by atoms with Gasteiger partial charge >= 0.3 is 12.3 Å². The fourth-order valence-electron chi connectivity index (χ4n) is 4.30. The summed E-state index contributed by atoms with van der Waals surface area (Å²) in [7, 11) is 0. The second-order valence-electron chi connectivity index (χ2n) is 10.5. The number of carbonyl (C=O) groups excluding carboxylic acids is 1. The van der Waals surface area contributed by atoms with E-state index in [1.807, 2.05) is 0 Å². The Hall–Kier alpha value is -4.71. The van der Waals surface area contributed by atoms with Crippen LogP contribution in [0, 0.1) is 5.82 Å². The zero-order chi connectivity index (χ0) is 30.8. The maximum atomic E-state index is 15.4. The highest BCUT2D eigenvalue weighted by Gasteiger charge is 2.36. The van der Waals surface area contributed by atoms with Crippen LogP contribution in [-0.2, 0) is 12.7 Å². The van der Waals surface area contributed by atoms with E-state index >= 15 is 4.39 Å². The molecule has 3 N–H and O–H groups in total. The van der Waals surface area contributed by atoms with Crippen LogP contribution in [0.15, 0.2) is 78.9 Å². The second kappa shape index (κ2) is 11.6. The van der Waals surface area contributed by atoms with Crippen molar-refractivity contribution in [2.75, 3.05) is 5.32 Å². The number of hydrogen-bond donors (Lipinski definition) is 3. The van der Waals surface area contributed by atoms with Crippen LogP contribution < -0.4 is 5.32 Å². The Morgan fingerprint density at radius 2 is 1.64 bits per heavy atom. The number of aliphatic hydroxyl groups excluding tert-OH is 1. The van der Waals surface area contributed by atoms with Crippen LogP contribution in [0.4, 0.5) is 28.0 Å². The molecule has 3 aromatic carbocycles. The summed E-state index contributed by atoms with van der Waals surface area (Å²) in [4.78, 5) is 26.2. The molecular formula is C30H28F4N4O4. The predicted octanol–water partition coefficient (Wildman–Crippen LogP) is 6.64. The Labute approximate surface area is 238 Å². The Kier molecular flexibility index (Phi) is 8.39. The van der Waals surface area contributed by atoms with Crippen molar-refractivity contribution in [2.45, 2.75) is 45.1 Å². The van der Waals surface area contributed by atoms with Crippen molar-refractivity contribution in [1.29, 1.82) is 0 Å². The Balaban J connectivity index is 1.70. The molecule has 0 saturated heterocycles. The van der Waals surface area contributed by atoms with E-state index in [1.54, 1.807) is 57.2 Å². The van der Waals surface area contributed by atoms with E-state index in [4.69, 9.17) is 0 Å². The van der Waals surface area contributed by atoms with Crippen LogP contribution in [0.1, 0.15) is 59.7 Å². The van der Waals surface area contributed by atoms with Gasteiger partial charge in [-0.1, -0.05) is 54.6 Å². The molecule has 4 rings (SSSR count). The van der Waals surface area contributed by atoms with Gasteiger partial charge in [0, 0.05) is 23.7 Å². The van der Waals surface area contributed by atoms with Gasteiger partial charge in [-0.05, 0) is 50.1 Å². The molecule has 1 atom stereocenters. The minimum absolute atomic E-state index is 0.0566. The fourth-order valence-corrected chi connectivity index (χ4v) is 4.30. The first-order valence-corrected chi connectivity index (χ1v) is 12.8. The Morgan fingerprint density at radius 1 is 0.976 bits per heavy atom. The molecule has 2 amide bonds. The van der Waals surface area contributed by atoms with E-state index < -0.39 is 47.0 Å². The normalized spacial score (nSPS) is 12.6. The molecule has 0 radical (unpaired) electrons. The number of amides is 2. The summed E-state index contributed by atoms with van der Waals surface area (Å²) in [5.41, 5.74) is -2.26. The molecule has 0 bridgehead atoms. The zero-order valence-electron chi connectivity index (χ0n) is 22.9. The third kappa shape index (κ3) is 6.60. The van der Waals surface area contributed by atoms with Gasteiger partial charge in [0.2, 0.25) is 0 Å². The van der Waals surface area contributed by atoms with Crippen molar-refractivity contribution in [1.82, 2.24) is 14.7 Å². The van der Waals surface area contributed by atoms with Crippen molar-refractivity contribution >= 4 is 17.7 Å². The van der Waals surface area contributed by atoms with E-state index in [0.717, 1.165) is 9.58 Å². The number of aliphatic hydroxyl groups is 1. The number of benzene rings is 3. The van der Waals surface area contributed by atoms with Crippen LogP contribution in [0.5, 0.6) is 0 Å². The summed E-state index contributed by atoms with van der Waals surface area (Å²) in [5, 5.41) is 26.2. The smallest absolute Gasteiger partial charge is 0.435 e. The molecule has 0 spiro atoms. The highest BCUT2D eigenvalue weighted by atomic mass is 19.4. The molecule has 42 heavy (non-hydrogen) atoms. The lowest BCUT2D eigenvalue weighted by Gasteiger charge is -2.33. The number of aromatic nitrogens is 2. The number of carbonyl (C=O) groups is 2. The first-order valence-electron chi connectivity index (χ1n) is 12.8. The maximum Gasteiger partial charge on any atom is 0.435 e. The number of nitrogens with zero attached hydrogens (tertiary/aromatic N) is 3. The van der Waals surface area contributed by atoms with Crippen molar-refractivity contribution in [2.24, 2.45) is 0 Å². The van der Waals surface area contributed by atoms with Gasteiger partial charge in [-0.2, -0.15) is 18.3 Å². The molecule has 1 heterocycles. The quantitative estimate of drug-likeness (QED) is 0.211. The molecule has 0 aliphatic heterocycles. The minimum atomic E-state index is -4.89. The third-order valence-electron chi connectivity index (χ3n) is 6.46. The van der Waals surface area contributed by atoms with E-state index in [9.17, 15) is 33.0 Å². The number of alkyl halides is 3. The summed E-state index contributed by atoms with van der Waals surface area (Å²) in [6.07, 6.45) is -7.44. The van der Waals surface area contributed by atoms with Gasteiger partial charge in [0.1, 0.15) is 11.8 Å². The summed E-state index contributed by atoms with van der Waals surface area (Å²) < 4.78 is 57.2. The van der Waals surface area contributed by atoms with Crippen molar-refractivity contribution in [3.05, 3.63) is 113 Å². The number of halogens is 4. The van der Waals surface area contributed by atoms with E-state index in [-0.39, 0.29) is 23.5 Å². The number of nitrogens with one attached hydrogen (secondary N) is 1. The second-order valence-corrected chi connectivity index (χ2v) is 10.5. The van der Waals surface area contributed by atoms with Crippen molar-refractivity contribution in [3.63, 3.8) is 0 Å². The monoisotopic (exact) mass is 584 g/mol. The number of anilines is 1. The molecule has 0 aliphatic rings. The van der Waals surface area contributed by atoms with Crippen molar-refractivity contribution < 1.29 is 37.4 Å². The Bertz CT molecular complexity index is 1600. The molecule has 1 aromatic heterocycles. The van der Waals surface area contributed by atoms with Gasteiger partial charge in [0.25, 0.3) is 5.91 Å². The molecule has 12 heteroatoms. The van der Waals surface area contributed by atoms with E-state index in [1.165, 1.54) is 36.4 Å². The summed E-state index contributed by atoms with van der Waals surface area (Å²) in [6, 6.07) is 18.7. The van der Waals surface area contributed by atoms with Crippen LogP contribution in [-0.4, -0.2) is 42.4 Å². The predicted molar refractivity (Wildman–Crippen MR) is 147 cm³/mol. The lowest BCUT2D eigenvalue weighted by Crippen LogP contribution is -2.44. The molecule has 0 saturated carbocycles. The topological polar surface area (TPSA) is 108 Å². The van der Waals surface area contributed by atoms with Crippen molar-refractivity contribution in [3.8, 4) is 5.69 Å². The van der Waals surface area contributed by atoms with Crippen LogP contribution in [0.3, 0.4) is 0 Å². The average molecular weight is 585 g/mol. The summed E-state index contributed by atoms with van der Waals surface area (Å²) in [6.45, 7) is 5.01. The van der Waals surface area contributed by atoms with Gasteiger partial charge in [-0.15, -0.1) is 0 Å². The molecule has 220 valence electrons. The van der Waals surface area contributed by atoms with Gasteiger partial charge in [-0.3, -0.25) is 9.69 Å². The summed E-state index contributed by atoms with van der Waals surface area (Å²) in [5.74, 6) is -2.04. The van der Waals surface area contributed by atoms with Gasteiger partial charge in [0.15, 0.2) is 11.5 Å². The first kappa shape index (κ1) is 30.3. The van der Waals surface area contributed by atoms with Gasteiger partial charge < -0.3 is 15.5 Å². The van der Waals surface area contributed by atoms with Gasteiger partial charge in [-0.25, -0.2) is 13.9 Å². The molecule has 1 unspecified atom stereocenters. The number of rotatable bonds is 7. The molecule has 8 nitrogen and oxygen atoms in total. The first-order chi connectivity index (χ1) is 19.7. The number of hydrogen-bond acceptors (Lipinski definition) is 4. The van der Waals surface area contributed by atoms with Crippen LogP contribution in [0.25, 0.3) is 5.69 Å². The average Bonchev–Trinajstić information content (AvgIpc) is 3.39. The number of carboxylic acid groups (broad SMARTS) is 1. The SMILES string of the molecule is CC(C)(C)N(Cc1cccc(-n2nc(C(F)(F)F)cc2C(=O)Nc2cccc(C(O)c3ccccc3)c2F)c1)C(=O)O. The molecule has 0 aliphatic carbocycles. The van der Waals surface area contributed by atoms with Crippen LogP contribution in [0.2, 0.25) is 0 Å².